The van der Waals surface area contributed by atoms with Crippen molar-refractivity contribution >= 4 is 28.5 Å². The number of Topliss-reactive ketones (excluding diaryl/α,β-unsaturated/α-hetero) is 1. The lowest BCUT2D eigenvalue weighted by molar-refractivity contribution is 0.0997. The van der Waals surface area contributed by atoms with Crippen LogP contribution in [-0.2, 0) is 25.7 Å². The molecule has 0 bridgehead atoms. The third kappa shape index (κ3) is 2.29. The minimum Gasteiger partial charge on any atom is -0.293 e. The van der Waals surface area contributed by atoms with Gasteiger partial charge in [0.15, 0.2) is 5.78 Å². The second-order valence-corrected chi connectivity index (χ2v) is 7.12. The zero-order chi connectivity index (χ0) is 12.5. The van der Waals surface area contributed by atoms with Gasteiger partial charge in [0.05, 0.1) is 4.88 Å². The van der Waals surface area contributed by atoms with Crippen molar-refractivity contribution in [2.24, 2.45) is 0 Å². The van der Waals surface area contributed by atoms with E-state index < -0.39 is 0 Å². The summed E-state index contributed by atoms with van der Waals surface area (Å²) in [5.74, 6) is 0.291. The molecule has 94 valence electrons. The number of hydrogen-bond acceptors (Lipinski definition) is 3. The van der Waals surface area contributed by atoms with Crippen molar-refractivity contribution in [1.29, 1.82) is 0 Å². The number of carbonyl (C=O) groups excluding carboxylic acids is 1. The van der Waals surface area contributed by atoms with Gasteiger partial charge in [-0.25, -0.2) is 0 Å². The first-order valence-corrected chi connectivity index (χ1v) is 8.12. The van der Waals surface area contributed by atoms with Crippen LogP contribution >= 0.6 is 22.7 Å². The molecule has 18 heavy (non-hydrogen) atoms. The zero-order valence-corrected chi connectivity index (χ0v) is 12.1. The lowest BCUT2D eigenvalue weighted by Crippen LogP contribution is -1.99. The molecule has 0 aliphatic heterocycles. The van der Waals surface area contributed by atoms with E-state index in [1.165, 1.54) is 33.0 Å². The summed E-state index contributed by atoms with van der Waals surface area (Å²) in [4.78, 5) is 17.2. The Bertz CT molecular complexity index is 556. The van der Waals surface area contributed by atoms with Gasteiger partial charge in [-0.15, -0.1) is 22.7 Å². The summed E-state index contributed by atoms with van der Waals surface area (Å²) in [6.45, 7) is 2.15. The van der Waals surface area contributed by atoms with E-state index in [-0.39, 0.29) is 0 Å². The lowest BCUT2D eigenvalue weighted by atomic mass is 10.2. The van der Waals surface area contributed by atoms with Crippen LogP contribution in [0.2, 0.25) is 0 Å². The normalized spacial score (nSPS) is 13.8. The van der Waals surface area contributed by atoms with Gasteiger partial charge in [-0.05, 0) is 49.4 Å². The smallest absolute Gasteiger partial charge is 0.177 e. The van der Waals surface area contributed by atoms with E-state index in [0.717, 1.165) is 17.7 Å². The topological polar surface area (TPSA) is 17.1 Å². The summed E-state index contributed by atoms with van der Waals surface area (Å²) in [5.41, 5.74) is 1.42. The summed E-state index contributed by atoms with van der Waals surface area (Å²) in [6.07, 6.45) is 5.24. The zero-order valence-electron chi connectivity index (χ0n) is 10.5. The first-order chi connectivity index (χ1) is 8.76. The number of ketones is 1. The quantitative estimate of drug-likeness (QED) is 0.762. The van der Waals surface area contributed by atoms with Crippen LogP contribution in [0.25, 0.3) is 0 Å². The van der Waals surface area contributed by atoms with Gasteiger partial charge in [-0.3, -0.25) is 4.79 Å². The maximum atomic E-state index is 12.2. The van der Waals surface area contributed by atoms with Gasteiger partial charge in [-0.2, -0.15) is 0 Å². The van der Waals surface area contributed by atoms with Gasteiger partial charge in [0, 0.05) is 21.1 Å². The highest BCUT2D eigenvalue weighted by atomic mass is 32.1. The summed E-state index contributed by atoms with van der Waals surface area (Å²) in [6, 6.07) is 6.37. The molecular formula is C15H16OS2. The predicted molar refractivity (Wildman–Crippen MR) is 78.1 cm³/mol. The molecule has 0 spiro atoms. The Balaban J connectivity index is 1.74. The second kappa shape index (κ2) is 4.98. The second-order valence-electron chi connectivity index (χ2n) is 4.73. The number of aryl methyl sites for hydroxylation is 3. The van der Waals surface area contributed by atoms with Gasteiger partial charge >= 0.3 is 0 Å². The first kappa shape index (κ1) is 12.1. The Kier molecular flexibility index (Phi) is 3.35. The van der Waals surface area contributed by atoms with E-state index in [1.54, 1.807) is 22.7 Å². The van der Waals surface area contributed by atoms with Crippen molar-refractivity contribution in [3.8, 4) is 0 Å². The predicted octanol–water partition coefficient (Wildman–Crippen LogP) is 4.29. The minimum absolute atomic E-state index is 0.291. The fourth-order valence-electron chi connectivity index (χ4n) is 2.42. The minimum atomic E-state index is 0.291. The number of hydrogen-bond donors (Lipinski definition) is 0. The van der Waals surface area contributed by atoms with E-state index in [1.807, 2.05) is 0 Å². The van der Waals surface area contributed by atoms with E-state index in [0.29, 0.717) is 12.2 Å². The third-order valence-electron chi connectivity index (χ3n) is 3.42. The molecule has 0 atom stereocenters. The molecule has 0 saturated carbocycles. The van der Waals surface area contributed by atoms with Crippen LogP contribution in [0.15, 0.2) is 18.2 Å². The van der Waals surface area contributed by atoms with Crippen LogP contribution in [0.5, 0.6) is 0 Å². The SMILES string of the molecule is CCc1ccc(CC(=O)c2cc3c(s2)CCC3)s1. The number of thiophene rings is 2. The van der Waals surface area contributed by atoms with Crippen LogP contribution in [0.4, 0.5) is 0 Å². The molecule has 1 aliphatic rings. The molecule has 1 nitrogen and oxygen atoms in total. The molecule has 2 aromatic rings. The Labute approximate surface area is 115 Å². The Morgan fingerprint density at radius 2 is 2.06 bits per heavy atom. The Hall–Kier alpha value is -0.930. The van der Waals surface area contributed by atoms with Gasteiger partial charge < -0.3 is 0 Å². The van der Waals surface area contributed by atoms with Crippen molar-refractivity contribution < 1.29 is 4.79 Å². The van der Waals surface area contributed by atoms with Crippen molar-refractivity contribution in [3.63, 3.8) is 0 Å². The summed E-state index contributed by atoms with van der Waals surface area (Å²) < 4.78 is 0. The molecule has 0 saturated heterocycles. The van der Waals surface area contributed by atoms with Crippen molar-refractivity contribution in [2.75, 3.05) is 0 Å². The monoisotopic (exact) mass is 276 g/mol. The number of rotatable bonds is 4. The maximum absolute atomic E-state index is 12.2. The highest BCUT2D eigenvalue weighted by Gasteiger charge is 2.18. The van der Waals surface area contributed by atoms with Crippen LogP contribution in [0, 0.1) is 0 Å². The molecule has 0 radical (unpaired) electrons. The molecule has 0 fully saturated rings. The van der Waals surface area contributed by atoms with Crippen LogP contribution in [-0.4, -0.2) is 5.78 Å². The van der Waals surface area contributed by atoms with E-state index in [4.69, 9.17) is 0 Å². The molecule has 0 amide bonds. The van der Waals surface area contributed by atoms with Crippen molar-refractivity contribution in [2.45, 2.75) is 39.0 Å². The maximum Gasteiger partial charge on any atom is 0.177 e. The average Bonchev–Trinajstić information content (AvgIpc) is 3.02. The molecule has 1 aliphatic carbocycles. The molecule has 0 N–H and O–H groups in total. The molecule has 3 rings (SSSR count). The lowest BCUT2D eigenvalue weighted by Gasteiger charge is -1.95. The largest absolute Gasteiger partial charge is 0.293 e. The molecule has 2 aromatic heterocycles. The Morgan fingerprint density at radius 3 is 2.78 bits per heavy atom. The Morgan fingerprint density at radius 1 is 1.22 bits per heavy atom. The molecule has 0 unspecified atom stereocenters. The van der Waals surface area contributed by atoms with E-state index >= 15 is 0 Å². The van der Waals surface area contributed by atoms with E-state index in [9.17, 15) is 4.79 Å². The summed E-state index contributed by atoms with van der Waals surface area (Å²) in [7, 11) is 0. The van der Waals surface area contributed by atoms with Crippen molar-refractivity contribution in [1.82, 2.24) is 0 Å². The fraction of sp³-hybridized carbons (Fsp3) is 0.400. The van der Waals surface area contributed by atoms with Gasteiger partial charge in [0.25, 0.3) is 0 Å². The highest BCUT2D eigenvalue weighted by molar-refractivity contribution is 7.14. The highest BCUT2D eigenvalue weighted by Crippen LogP contribution is 2.31. The van der Waals surface area contributed by atoms with Crippen molar-refractivity contribution in [3.05, 3.63) is 43.3 Å². The molecule has 3 heteroatoms. The van der Waals surface area contributed by atoms with Crippen LogP contribution in [0.3, 0.4) is 0 Å². The number of carbonyl (C=O) groups is 1. The average molecular weight is 276 g/mol. The first-order valence-electron chi connectivity index (χ1n) is 6.48. The summed E-state index contributed by atoms with van der Waals surface area (Å²) in [5, 5.41) is 0. The van der Waals surface area contributed by atoms with Crippen LogP contribution < -0.4 is 0 Å². The van der Waals surface area contributed by atoms with E-state index in [2.05, 4.69) is 25.1 Å². The van der Waals surface area contributed by atoms with Gasteiger partial charge in [-0.1, -0.05) is 6.92 Å². The molecule has 2 heterocycles. The molecular weight excluding hydrogens is 260 g/mol. The third-order valence-corrected chi connectivity index (χ3v) is 5.93. The fourth-order valence-corrected chi connectivity index (χ4v) is 4.57. The van der Waals surface area contributed by atoms with Gasteiger partial charge in [0.2, 0.25) is 0 Å². The van der Waals surface area contributed by atoms with Crippen LogP contribution in [0.1, 0.15) is 43.2 Å². The standard InChI is InChI=1S/C15H16OS2/c1-2-11-6-7-12(17-11)9-13(16)15-8-10-4-3-5-14(10)18-15/h6-8H,2-5,9H2,1H3. The number of fused-ring (bicyclic) bond motifs is 1. The van der Waals surface area contributed by atoms with Gasteiger partial charge in [0.1, 0.15) is 0 Å². The summed E-state index contributed by atoms with van der Waals surface area (Å²) >= 11 is 3.49. The molecule has 0 aromatic carbocycles.